The van der Waals surface area contributed by atoms with E-state index in [-0.39, 0.29) is 11.9 Å². The van der Waals surface area contributed by atoms with E-state index < -0.39 is 0 Å². The van der Waals surface area contributed by atoms with E-state index in [1.54, 1.807) is 0 Å². The first-order valence-electron chi connectivity index (χ1n) is 9.41. The van der Waals surface area contributed by atoms with E-state index in [1.807, 2.05) is 53.4 Å². The topological polar surface area (TPSA) is 36.1 Å². The number of hydrogen-bond acceptors (Lipinski definition) is 1. The largest absolute Gasteiger partial charge is 0.354 e. The van der Waals surface area contributed by atoms with Gasteiger partial charge >= 0.3 is 0 Å². The summed E-state index contributed by atoms with van der Waals surface area (Å²) >= 11 is 6.09. The van der Waals surface area contributed by atoms with Crippen molar-refractivity contribution in [3.8, 4) is 11.3 Å². The van der Waals surface area contributed by atoms with Crippen molar-refractivity contribution in [2.45, 2.75) is 6.04 Å². The molecule has 0 saturated carbocycles. The first-order valence-corrected chi connectivity index (χ1v) is 9.95. The van der Waals surface area contributed by atoms with E-state index in [2.05, 4.69) is 35.3 Å². The number of nitrogens with one attached hydrogen (secondary N) is 1. The van der Waals surface area contributed by atoms with Gasteiger partial charge in [-0.15, -0.1) is 11.6 Å². The number of carbonyl (C=O) groups is 1. The number of halogens is 1. The number of H-pyrrole nitrogens is 1. The van der Waals surface area contributed by atoms with Crippen molar-refractivity contribution >= 4 is 28.4 Å². The van der Waals surface area contributed by atoms with Crippen LogP contribution >= 0.6 is 11.6 Å². The van der Waals surface area contributed by atoms with Gasteiger partial charge in [-0.05, 0) is 23.3 Å². The standard InChI is InChI=1S/C24H19ClN2O/c25-14-15-27-23(17-10-4-5-11-18(17)24(27)28)21-19-12-6-7-13-20(19)26-22(21)16-8-2-1-3-9-16/h1-13,23,26H,14-15H2/t23-/m0/s1. The fourth-order valence-electron chi connectivity index (χ4n) is 4.28. The van der Waals surface area contributed by atoms with Crippen LogP contribution in [0.4, 0.5) is 0 Å². The van der Waals surface area contributed by atoms with Gasteiger partial charge in [0.1, 0.15) is 0 Å². The van der Waals surface area contributed by atoms with Gasteiger partial charge in [-0.1, -0.05) is 66.7 Å². The summed E-state index contributed by atoms with van der Waals surface area (Å²) in [5.41, 5.74) is 6.16. The second-order valence-electron chi connectivity index (χ2n) is 7.00. The van der Waals surface area contributed by atoms with E-state index in [9.17, 15) is 4.79 Å². The number of para-hydroxylation sites is 1. The smallest absolute Gasteiger partial charge is 0.255 e. The Morgan fingerprint density at radius 3 is 2.43 bits per heavy atom. The molecule has 0 fully saturated rings. The van der Waals surface area contributed by atoms with Crippen molar-refractivity contribution in [2.75, 3.05) is 12.4 Å². The molecule has 1 atom stereocenters. The van der Waals surface area contributed by atoms with Crippen molar-refractivity contribution in [1.29, 1.82) is 0 Å². The average molecular weight is 387 g/mol. The van der Waals surface area contributed by atoms with Crippen LogP contribution in [0.25, 0.3) is 22.2 Å². The normalized spacial score (nSPS) is 16.0. The molecule has 0 aliphatic carbocycles. The van der Waals surface area contributed by atoms with Crippen LogP contribution < -0.4 is 0 Å². The van der Waals surface area contributed by atoms with Crippen LogP contribution in [0, 0.1) is 0 Å². The Morgan fingerprint density at radius 2 is 1.61 bits per heavy atom. The van der Waals surface area contributed by atoms with Gasteiger partial charge in [0.15, 0.2) is 0 Å². The van der Waals surface area contributed by atoms with E-state index in [0.717, 1.165) is 38.9 Å². The molecule has 28 heavy (non-hydrogen) atoms. The van der Waals surface area contributed by atoms with E-state index in [1.165, 1.54) is 0 Å². The molecule has 1 aliphatic heterocycles. The lowest BCUT2D eigenvalue weighted by molar-refractivity contribution is 0.0762. The second-order valence-corrected chi connectivity index (χ2v) is 7.38. The summed E-state index contributed by atoms with van der Waals surface area (Å²) in [5.74, 6) is 0.449. The van der Waals surface area contributed by atoms with Gasteiger partial charge in [-0.25, -0.2) is 0 Å². The monoisotopic (exact) mass is 386 g/mol. The number of nitrogens with zero attached hydrogens (tertiary/aromatic N) is 1. The molecule has 0 saturated heterocycles. The minimum Gasteiger partial charge on any atom is -0.354 e. The number of benzene rings is 3. The molecule has 1 aromatic heterocycles. The summed E-state index contributed by atoms with van der Waals surface area (Å²) in [5, 5.41) is 1.13. The third kappa shape index (κ3) is 2.54. The number of aromatic nitrogens is 1. The first kappa shape index (κ1) is 17.1. The minimum absolute atomic E-state index is 0.0468. The Balaban J connectivity index is 1.82. The van der Waals surface area contributed by atoms with Gasteiger partial charge in [0.25, 0.3) is 5.91 Å². The molecule has 0 spiro atoms. The van der Waals surface area contributed by atoms with Gasteiger partial charge < -0.3 is 9.88 Å². The number of amides is 1. The van der Waals surface area contributed by atoms with Crippen LogP contribution in [-0.2, 0) is 0 Å². The molecule has 2 heterocycles. The summed E-state index contributed by atoms with van der Waals surface area (Å²) in [6, 6.07) is 26.3. The number of rotatable bonds is 4. The maximum absolute atomic E-state index is 13.1. The molecule has 4 heteroatoms. The van der Waals surface area contributed by atoms with Crippen molar-refractivity contribution < 1.29 is 4.79 Å². The molecule has 4 aromatic rings. The van der Waals surface area contributed by atoms with Crippen LogP contribution in [0.15, 0.2) is 78.9 Å². The highest BCUT2D eigenvalue weighted by Gasteiger charge is 2.39. The molecule has 1 amide bonds. The number of hydrogen-bond donors (Lipinski definition) is 1. The lowest BCUT2D eigenvalue weighted by atomic mass is 9.93. The van der Waals surface area contributed by atoms with Crippen LogP contribution in [0.2, 0.25) is 0 Å². The predicted octanol–water partition coefficient (Wildman–Crippen LogP) is 5.62. The Labute approximate surface area is 168 Å². The fraction of sp³-hybridized carbons (Fsp3) is 0.125. The lowest BCUT2D eigenvalue weighted by Crippen LogP contribution is -2.30. The van der Waals surface area contributed by atoms with Gasteiger partial charge in [0.2, 0.25) is 0 Å². The molecule has 3 aromatic carbocycles. The van der Waals surface area contributed by atoms with Crippen molar-refractivity contribution in [1.82, 2.24) is 9.88 Å². The molecule has 5 rings (SSSR count). The Morgan fingerprint density at radius 1 is 0.893 bits per heavy atom. The number of aromatic amines is 1. The van der Waals surface area contributed by atoms with Gasteiger partial charge in [0, 0.05) is 34.5 Å². The van der Waals surface area contributed by atoms with Gasteiger partial charge in [0.05, 0.1) is 11.7 Å². The minimum atomic E-state index is -0.159. The van der Waals surface area contributed by atoms with E-state index >= 15 is 0 Å². The molecule has 0 bridgehead atoms. The first-order chi connectivity index (χ1) is 13.8. The molecular weight excluding hydrogens is 368 g/mol. The number of fused-ring (bicyclic) bond motifs is 2. The lowest BCUT2D eigenvalue weighted by Gasteiger charge is -2.26. The number of carbonyl (C=O) groups excluding carboxylic acids is 1. The highest BCUT2D eigenvalue weighted by molar-refractivity contribution is 6.18. The van der Waals surface area contributed by atoms with E-state index in [0.29, 0.717) is 12.4 Å². The average Bonchev–Trinajstić information content (AvgIpc) is 3.25. The zero-order valence-electron chi connectivity index (χ0n) is 15.2. The fourth-order valence-corrected chi connectivity index (χ4v) is 4.47. The van der Waals surface area contributed by atoms with Gasteiger partial charge in [-0.2, -0.15) is 0 Å². The third-order valence-electron chi connectivity index (χ3n) is 5.47. The molecular formula is C24H19ClN2O. The van der Waals surface area contributed by atoms with Crippen LogP contribution in [0.5, 0.6) is 0 Å². The molecule has 1 aliphatic rings. The quantitative estimate of drug-likeness (QED) is 0.454. The maximum Gasteiger partial charge on any atom is 0.255 e. The predicted molar refractivity (Wildman–Crippen MR) is 114 cm³/mol. The summed E-state index contributed by atoms with van der Waals surface area (Å²) in [6.07, 6.45) is 0. The Bertz CT molecular complexity index is 1170. The van der Waals surface area contributed by atoms with Crippen molar-refractivity contribution in [3.63, 3.8) is 0 Å². The van der Waals surface area contributed by atoms with Crippen molar-refractivity contribution in [3.05, 3.63) is 95.6 Å². The molecule has 0 unspecified atom stereocenters. The molecule has 0 radical (unpaired) electrons. The highest BCUT2D eigenvalue weighted by Crippen LogP contribution is 2.45. The third-order valence-corrected chi connectivity index (χ3v) is 5.63. The summed E-state index contributed by atoms with van der Waals surface area (Å²) in [7, 11) is 0. The molecule has 3 nitrogen and oxygen atoms in total. The number of alkyl halides is 1. The summed E-state index contributed by atoms with van der Waals surface area (Å²) in [6.45, 7) is 0.507. The summed E-state index contributed by atoms with van der Waals surface area (Å²) < 4.78 is 0. The SMILES string of the molecule is O=C1c2ccccc2[C@@H](c2c(-c3ccccc3)[nH]c3ccccc23)N1CCCl. The zero-order chi connectivity index (χ0) is 19.1. The Kier molecular flexibility index (Phi) is 4.18. The van der Waals surface area contributed by atoms with Crippen molar-refractivity contribution in [2.24, 2.45) is 0 Å². The van der Waals surface area contributed by atoms with Crippen LogP contribution in [0.1, 0.15) is 27.5 Å². The Hall–Kier alpha value is -3.04. The second kappa shape index (κ2) is 6.84. The summed E-state index contributed by atoms with van der Waals surface area (Å²) in [4.78, 5) is 18.6. The maximum atomic E-state index is 13.1. The van der Waals surface area contributed by atoms with E-state index in [4.69, 9.17) is 11.6 Å². The molecule has 138 valence electrons. The van der Waals surface area contributed by atoms with Crippen LogP contribution in [-0.4, -0.2) is 28.2 Å². The molecule has 1 N–H and O–H groups in total. The van der Waals surface area contributed by atoms with Gasteiger partial charge in [-0.3, -0.25) is 4.79 Å². The zero-order valence-corrected chi connectivity index (χ0v) is 16.0. The van der Waals surface area contributed by atoms with Crippen LogP contribution in [0.3, 0.4) is 0 Å². The highest BCUT2D eigenvalue weighted by atomic mass is 35.5.